The predicted molar refractivity (Wildman–Crippen MR) is 109 cm³/mol. The Hall–Kier alpha value is -2.35. The van der Waals surface area contributed by atoms with Gasteiger partial charge in [-0.05, 0) is 36.4 Å². The molecule has 1 amide bonds. The number of halogens is 2. The van der Waals surface area contributed by atoms with E-state index in [1.165, 1.54) is 18.0 Å². The highest BCUT2D eigenvalue weighted by molar-refractivity contribution is 7.99. The highest BCUT2D eigenvalue weighted by Crippen LogP contribution is 2.25. The molecule has 138 valence electrons. The second-order valence-corrected chi connectivity index (χ2v) is 7.23. The molecule has 1 aromatic carbocycles. The summed E-state index contributed by atoms with van der Waals surface area (Å²) in [5.74, 6) is 1.10. The first-order chi connectivity index (χ1) is 13.1. The summed E-state index contributed by atoms with van der Waals surface area (Å²) < 4.78 is 1.90. The van der Waals surface area contributed by atoms with Crippen LogP contribution < -0.4 is 5.32 Å². The van der Waals surface area contributed by atoms with Gasteiger partial charge in [0.15, 0.2) is 11.0 Å². The SMILES string of the molecule is C=CCn1c(SCC(=O)Nc2ccc(Cl)cn2)nnc1-c1ccc(Cl)cc1. The summed E-state index contributed by atoms with van der Waals surface area (Å²) >= 11 is 13.0. The number of anilines is 1. The molecule has 0 unspecified atom stereocenters. The molecule has 1 N–H and O–H groups in total. The van der Waals surface area contributed by atoms with Gasteiger partial charge in [-0.25, -0.2) is 4.98 Å². The molecule has 3 rings (SSSR count). The smallest absolute Gasteiger partial charge is 0.236 e. The molecular weight excluding hydrogens is 405 g/mol. The van der Waals surface area contributed by atoms with E-state index in [0.29, 0.717) is 33.4 Å². The van der Waals surface area contributed by atoms with E-state index in [0.717, 1.165) is 5.56 Å². The van der Waals surface area contributed by atoms with Gasteiger partial charge in [0.25, 0.3) is 0 Å². The topological polar surface area (TPSA) is 72.7 Å². The molecule has 27 heavy (non-hydrogen) atoms. The maximum absolute atomic E-state index is 12.2. The number of thioether (sulfide) groups is 1. The van der Waals surface area contributed by atoms with Crippen LogP contribution in [0.1, 0.15) is 0 Å². The third kappa shape index (κ3) is 5.09. The van der Waals surface area contributed by atoms with Crippen LogP contribution in [0.3, 0.4) is 0 Å². The molecule has 2 aromatic heterocycles. The van der Waals surface area contributed by atoms with Crippen molar-refractivity contribution in [1.29, 1.82) is 0 Å². The van der Waals surface area contributed by atoms with Crippen LogP contribution in [0.25, 0.3) is 11.4 Å². The first-order valence-electron chi connectivity index (χ1n) is 7.91. The minimum Gasteiger partial charge on any atom is -0.310 e. The molecule has 0 saturated carbocycles. The van der Waals surface area contributed by atoms with E-state index < -0.39 is 0 Å². The molecular formula is C18H15Cl2N5OS. The van der Waals surface area contributed by atoms with Gasteiger partial charge in [-0.15, -0.1) is 16.8 Å². The minimum absolute atomic E-state index is 0.167. The van der Waals surface area contributed by atoms with Gasteiger partial charge in [-0.2, -0.15) is 0 Å². The van der Waals surface area contributed by atoms with Crippen LogP contribution in [0.15, 0.2) is 60.4 Å². The summed E-state index contributed by atoms with van der Waals surface area (Å²) in [5.41, 5.74) is 0.885. The van der Waals surface area contributed by atoms with Crippen molar-refractivity contribution in [3.05, 3.63) is 65.3 Å². The summed E-state index contributed by atoms with van der Waals surface area (Å²) in [7, 11) is 0. The van der Waals surface area contributed by atoms with E-state index >= 15 is 0 Å². The van der Waals surface area contributed by atoms with Crippen LogP contribution in [0, 0.1) is 0 Å². The predicted octanol–water partition coefficient (Wildman–Crippen LogP) is 4.56. The fourth-order valence-corrected chi connectivity index (χ4v) is 3.25. The zero-order valence-corrected chi connectivity index (χ0v) is 16.4. The van der Waals surface area contributed by atoms with Gasteiger partial charge in [-0.1, -0.05) is 41.0 Å². The monoisotopic (exact) mass is 419 g/mol. The quantitative estimate of drug-likeness (QED) is 0.448. The maximum Gasteiger partial charge on any atom is 0.236 e. The molecule has 2 heterocycles. The van der Waals surface area contributed by atoms with Gasteiger partial charge >= 0.3 is 0 Å². The van der Waals surface area contributed by atoms with Crippen LogP contribution in [-0.4, -0.2) is 31.4 Å². The van der Waals surface area contributed by atoms with Crippen LogP contribution >= 0.6 is 35.0 Å². The minimum atomic E-state index is -0.198. The van der Waals surface area contributed by atoms with Crippen molar-refractivity contribution in [2.45, 2.75) is 11.7 Å². The zero-order chi connectivity index (χ0) is 19.2. The molecule has 3 aromatic rings. The second-order valence-electron chi connectivity index (χ2n) is 5.41. The Kier molecular flexibility index (Phi) is 6.49. The number of nitrogens with one attached hydrogen (secondary N) is 1. The van der Waals surface area contributed by atoms with Crippen LogP contribution in [0.4, 0.5) is 5.82 Å². The highest BCUT2D eigenvalue weighted by Gasteiger charge is 2.15. The number of carbonyl (C=O) groups excluding carboxylic acids is 1. The number of benzene rings is 1. The van der Waals surface area contributed by atoms with E-state index in [9.17, 15) is 4.79 Å². The summed E-state index contributed by atoms with van der Waals surface area (Å²) in [6.07, 6.45) is 3.23. The average molecular weight is 420 g/mol. The number of allylic oxidation sites excluding steroid dienone is 1. The Balaban J connectivity index is 1.70. The largest absolute Gasteiger partial charge is 0.310 e. The van der Waals surface area contributed by atoms with Gasteiger partial charge in [-0.3, -0.25) is 9.36 Å². The van der Waals surface area contributed by atoms with Crippen molar-refractivity contribution in [2.24, 2.45) is 0 Å². The molecule has 0 bridgehead atoms. The van der Waals surface area contributed by atoms with E-state index in [-0.39, 0.29) is 11.7 Å². The molecule has 0 atom stereocenters. The second kappa shape index (κ2) is 9.03. The molecule has 0 saturated heterocycles. The van der Waals surface area contributed by atoms with Gasteiger partial charge < -0.3 is 5.32 Å². The lowest BCUT2D eigenvalue weighted by molar-refractivity contribution is -0.113. The standard InChI is InChI=1S/C18H15Cl2N5OS/c1-2-9-25-17(12-3-5-13(19)6-4-12)23-24-18(25)27-11-16(26)22-15-8-7-14(20)10-21-15/h2-8,10H,1,9,11H2,(H,21,22,26). The Labute approximate surface area is 170 Å². The average Bonchev–Trinajstić information content (AvgIpc) is 3.06. The Bertz CT molecular complexity index is 941. The van der Waals surface area contributed by atoms with E-state index in [1.54, 1.807) is 30.3 Å². The number of nitrogens with zero attached hydrogens (tertiary/aromatic N) is 4. The Morgan fingerprint density at radius 2 is 1.89 bits per heavy atom. The van der Waals surface area contributed by atoms with E-state index in [2.05, 4.69) is 27.1 Å². The molecule has 0 fully saturated rings. The summed E-state index contributed by atoms with van der Waals surface area (Å²) in [5, 5.41) is 13.0. The fourth-order valence-electron chi connectivity index (χ4n) is 2.26. The first-order valence-corrected chi connectivity index (χ1v) is 9.65. The molecule has 6 nitrogen and oxygen atoms in total. The third-order valence-electron chi connectivity index (χ3n) is 3.46. The van der Waals surface area contributed by atoms with E-state index in [4.69, 9.17) is 23.2 Å². The Morgan fingerprint density at radius 3 is 2.56 bits per heavy atom. The Morgan fingerprint density at radius 1 is 1.15 bits per heavy atom. The van der Waals surface area contributed by atoms with Gasteiger partial charge in [0, 0.05) is 23.3 Å². The number of pyridine rings is 1. The number of rotatable bonds is 7. The van der Waals surface area contributed by atoms with E-state index in [1.807, 2.05) is 16.7 Å². The summed E-state index contributed by atoms with van der Waals surface area (Å²) in [6.45, 7) is 4.30. The zero-order valence-electron chi connectivity index (χ0n) is 14.1. The molecule has 0 aliphatic rings. The number of carbonyl (C=O) groups is 1. The fraction of sp³-hybridized carbons (Fsp3) is 0.111. The van der Waals surface area contributed by atoms with Gasteiger partial charge in [0.05, 0.1) is 10.8 Å². The lowest BCUT2D eigenvalue weighted by Gasteiger charge is -2.08. The number of hydrogen-bond donors (Lipinski definition) is 1. The van der Waals surface area contributed by atoms with Crippen LogP contribution in [-0.2, 0) is 11.3 Å². The van der Waals surface area contributed by atoms with Crippen molar-refractivity contribution in [3.63, 3.8) is 0 Å². The molecule has 0 aliphatic carbocycles. The van der Waals surface area contributed by atoms with Crippen molar-refractivity contribution in [3.8, 4) is 11.4 Å². The summed E-state index contributed by atoms with van der Waals surface area (Å²) in [4.78, 5) is 16.2. The maximum atomic E-state index is 12.2. The van der Waals surface area contributed by atoms with Crippen molar-refractivity contribution >= 4 is 46.7 Å². The lowest BCUT2D eigenvalue weighted by atomic mass is 10.2. The molecule has 9 heteroatoms. The van der Waals surface area contributed by atoms with Crippen molar-refractivity contribution < 1.29 is 4.79 Å². The summed E-state index contributed by atoms with van der Waals surface area (Å²) in [6, 6.07) is 10.6. The first kappa shape index (κ1) is 19.4. The van der Waals surface area contributed by atoms with Gasteiger partial charge in [0.2, 0.25) is 5.91 Å². The van der Waals surface area contributed by atoms with Crippen LogP contribution in [0.5, 0.6) is 0 Å². The number of hydrogen-bond acceptors (Lipinski definition) is 5. The third-order valence-corrected chi connectivity index (χ3v) is 4.90. The van der Waals surface area contributed by atoms with Gasteiger partial charge in [0.1, 0.15) is 5.82 Å². The van der Waals surface area contributed by atoms with Crippen LogP contribution in [0.2, 0.25) is 10.0 Å². The van der Waals surface area contributed by atoms with Crippen molar-refractivity contribution in [2.75, 3.05) is 11.1 Å². The number of aromatic nitrogens is 4. The van der Waals surface area contributed by atoms with Crippen molar-refractivity contribution in [1.82, 2.24) is 19.7 Å². The normalized spacial score (nSPS) is 10.6. The molecule has 0 aliphatic heterocycles. The number of amides is 1. The highest BCUT2D eigenvalue weighted by atomic mass is 35.5. The lowest BCUT2D eigenvalue weighted by Crippen LogP contribution is -2.15. The molecule has 0 spiro atoms. The molecule has 0 radical (unpaired) electrons.